The van der Waals surface area contributed by atoms with Gasteiger partial charge in [-0.3, -0.25) is 29.1 Å². The summed E-state index contributed by atoms with van der Waals surface area (Å²) in [6.07, 6.45) is 0. The third-order valence-corrected chi connectivity index (χ3v) is 6.37. The Morgan fingerprint density at radius 2 is 1.53 bits per heavy atom. The van der Waals surface area contributed by atoms with Gasteiger partial charge in [0.2, 0.25) is 0 Å². The zero-order chi connectivity index (χ0) is 24.0. The van der Waals surface area contributed by atoms with Crippen LogP contribution in [0.15, 0.2) is 59.4 Å². The third-order valence-electron chi connectivity index (χ3n) is 6.37. The minimum Gasteiger partial charge on any atom is -0.384 e. The van der Waals surface area contributed by atoms with Crippen LogP contribution in [0, 0.1) is 6.92 Å². The van der Waals surface area contributed by atoms with E-state index in [4.69, 9.17) is 5.73 Å². The predicted molar refractivity (Wildman–Crippen MR) is 128 cm³/mol. The Hall–Kier alpha value is -4.40. The number of nitrogens with one attached hydrogen (secondary N) is 1. The fourth-order valence-corrected chi connectivity index (χ4v) is 4.51. The van der Waals surface area contributed by atoms with Crippen LogP contribution >= 0.6 is 0 Å². The number of rotatable bonds is 3. The van der Waals surface area contributed by atoms with Gasteiger partial charge in [0.1, 0.15) is 5.82 Å². The fourth-order valence-electron chi connectivity index (χ4n) is 4.51. The molecular weight excluding hydrogens is 434 g/mol. The van der Waals surface area contributed by atoms with Crippen molar-refractivity contribution in [3.05, 3.63) is 87.2 Å². The lowest BCUT2D eigenvalue weighted by atomic mass is 10.1. The molecule has 0 atom stereocenters. The van der Waals surface area contributed by atoms with Gasteiger partial charge in [-0.15, -0.1) is 0 Å². The summed E-state index contributed by atoms with van der Waals surface area (Å²) in [6.45, 7) is 4.51. The number of hydrogen-bond acceptors (Lipinski definition) is 6. The minimum atomic E-state index is -0.619. The fraction of sp³-hybridized carbons (Fsp3) is 0.200. The SMILES string of the molecule is Cc1ccccc1C(=O)N1CCN(c2ccc(-n3c(N)c4c(cc3=O)C(=O)NC4=O)cc2)CC1. The van der Waals surface area contributed by atoms with Crippen molar-refractivity contribution < 1.29 is 14.4 Å². The van der Waals surface area contributed by atoms with Crippen LogP contribution < -0.4 is 21.5 Å². The third kappa shape index (κ3) is 3.51. The van der Waals surface area contributed by atoms with Crippen LogP contribution in [0.2, 0.25) is 0 Å². The Morgan fingerprint density at radius 3 is 2.21 bits per heavy atom. The standard InChI is InChI=1S/C25H23N5O4/c1-15-4-2-3-5-18(15)25(34)29-12-10-28(11-13-29)16-6-8-17(9-7-16)30-20(31)14-19-21(22(30)26)24(33)27-23(19)32/h2-9,14H,10-13,26H2,1H3,(H,27,32,33). The summed E-state index contributed by atoms with van der Waals surface area (Å²) >= 11 is 0. The summed E-state index contributed by atoms with van der Waals surface area (Å²) in [7, 11) is 0. The monoisotopic (exact) mass is 457 g/mol. The molecular formula is C25H23N5O4. The van der Waals surface area contributed by atoms with E-state index in [9.17, 15) is 19.2 Å². The summed E-state index contributed by atoms with van der Waals surface area (Å²) in [5.41, 5.74) is 8.77. The number of aryl methyl sites for hydroxylation is 1. The van der Waals surface area contributed by atoms with E-state index in [1.54, 1.807) is 12.1 Å². The van der Waals surface area contributed by atoms with Gasteiger partial charge in [0.05, 0.1) is 16.8 Å². The number of pyridine rings is 1. The molecule has 9 heteroatoms. The normalized spacial score (nSPS) is 15.3. The molecule has 0 aliphatic carbocycles. The van der Waals surface area contributed by atoms with Gasteiger partial charge < -0.3 is 15.5 Å². The number of nitrogens with two attached hydrogens (primary N) is 1. The first kappa shape index (κ1) is 21.4. The lowest BCUT2D eigenvalue weighted by Gasteiger charge is -2.36. The number of fused-ring (bicyclic) bond motifs is 1. The van der Waals surface area contributed by atoms with Gasteiger partial charge in [-0.2, -0.15) is 0 Å². The number of aromatic nitrogens is 1. The van der Waals surface area contributed by atoms with Crippen LogP contribution in [0.3, 0.4) is 0 Å². The zero-order valence-electron chi connectivity index (χ0n) is 18.6. The van der Waals surface area contributed by atoms with Gasteiger partial charge in [0.25, 0.3) is 23.3 Å². The van der Waals surface area contributed by atoms with Gasteiger partial charge in [0.15, 0.2) is 0 Å². The molecule has 1 saturated heterocycles. The largest absolute Gasteiger partial charge is 0.384 e. The average molecular weight is 457 g/mol. The second-order valence-electron chi connectivity index (χ2n) is 8.39. The number of hydrogen-bond donors (Lipinski definition) is 2. The van der Waals surface area contributed by atoms with E-state index in [-0.39, 0.29) is 22.9 Å². The van der Waals surface area contributed by atoms with Crippen LogP contribution in [-0.4, -0.2) is 53.4 Å². The first-order valence-corrected chi connectivity index (χ1v) is 11.0. The molecule has 0 saturated carbocycles. The molecule has 2 aliphatic rings. The highest BCUT2D eigenvalue weighted by Gasteiger charge is 2.32. The molecule has 3 N–H and O–H groups in total. The number of nitrogen functional groups attached to an aromatic ring is 1. The molecule has 2 aliphatic heterocycles. The summed E-state index contributed by atoms with van der Waals surface area (Å²) in [6, 6.07) is 16.0. The van der Waals surface area contributed by atoms with Crippen LogP contribution in [-0.2, 0) is 0 Å². The molecule has 1 aromatic heterocycles. The van der Waals surface area contributed by atoms with Gasteiger partial charge in [-0.1, -0.05) is 18.2 Å². The second-order valence-corrected chi connectivity index (χ2v) is 8.39. The molecule has 0 unspecified atom stereocenters. The van der Waals surface area contributed by atoms with Crippen LogP contribution in [0.25, 0.3) is 5.69 Å². The molecule has 172 valence electrons. The predicted octanol–water partition coefficient (Wildman–Crippen LogP) is 1.57. The maximum atomic E-state index is 12.9. The number of amides is 3. The van der Waals surface area contributed by atoms with Gasteiger partial charge in [0, 0.05) is 43.5 Å². The molecule has 0 bridgehead atoms. The van der Waals surface area contributed by atoms with Crippen molar-refractivity contribution in [1.82, 2.24) is 14.8 Å². The maximum Gasteiger partial charge on any atom is 0.262 e. The molecule has 5 rings (SSSR count). The quantitative estimate of drug-likeness (QED) is 0.577. The molecule has 3 heterocycles. The van der Waals surface area contributed by atoms with Crippen molar-refractivity contribution in [2.45, 2.75) is 6.92 Å². The molecule has 3 aromatic rings. The van der Waals surface area contributed by atoms with Crippen molar-refractivity contribution in [2.75, 3.05) is 36.8 Å². The number of benzene rings is 2. The lowest BCUT2D eigenvalue weighted by molar-refractivity contribution is 0.0745. The van der Waals surface area contributed by atoms with Crippen molar-refractivity contribution >= 4 is 29.2 Å². The molecule has 9 nitrogen and oxygen atoms in total. The molecule has 1 fully saturated rings. The Balaban J connectivity index is 1.33. The Morgan fingerprint density at radius 1 is 0.882 bits per heavy atom. The number of carbonyl (C=O) groups is 3. The van der Waals surface area contributed by atoms with Crippen LogP contribution in [0.1, 0.15) is 36.6 Å². The summed E-state index contributed by atoms with van der Waals surface area (Å²) in [5.74, 6) is -1.25. The minimum absolute atomic E-state index is 0.00140. The van der Waals surface area contributed by atoms with Crippen LogP contribution in [0.4, 0.5) is 11.5 Å². The highest BCUT2D eigenvalue weighted by molar-refractivity contribution is 6.23. The maximum absolute atomic E-state index is 12.9. The molecule has 0 radical (unpaired) electrons. The second kappa shape index (κ2) is 8.18. The first-order chi connectivity index (χ1) is 16.3. The topological polar surface area (TPSA) is 118 Å². The van der Waals surface area contributed by atoms with Crippen molar-refractivity contribution in [2.24, 2.45) is 0 Å². The molecule has 2 aromatic carbocycles. The number of imide groups is 1. The van der Waals surface area contributed by atoms with Crippen molar-refractivity contribution in [3.63, 3.8) is 0 Å². The first-order valence-electron chi connectivity index (χ1n) is 11.0. The number of piperazine rings is 1. The summed E-state index contributed by atoms with van der Waals surface area (Å²) in [4.78, 5) is 53.4. The van der Waals surface area contributed by atoms with E-state index in [0.717, 1.165) is 22.9 Å². The van der Waals surface area contributed by atoms with E-state index in [1.807, 2.05) is 48.2 Å². The van der Waals surface area contributed by atoms with Gasteiger partial charge >= 0.3 is 0 Å². The smallest absolute Gasteiger partial charge is 0.262 e. The van der Waals surface area contributed by atoms with Gasteiger partial charge in [-0.05, 0) is 42.8 Å². The molecule has 3 amide bonds. The average Bonchev–Trinajstić information content (AvgIpc) is 3.12. The number of carbonyl (C=O) groups excluding carboxylic acids is 3. The van der Waals surface area contributed by atoms with E-state index in [1.165, 1.54) is 4.57 Å². The van der Waals surface area contributed by atoms with E-state index < -0.39 is 17.4 Å². The Bertz CT molecular complexity index is 1390. The zero-order valence-corrected chi connectivity index (χ0v) is 18.6. The molecule has 34 heavy (non-hydrogen) atoms. The number of nitrogens with zero attached hydrogens (tertiary/aromatic N) is 3. The van der Waals surface area contributed by atoms with Gasteiger partial charge in [-0.25, -0.2) is 0 Å². The number of anilines is 2. The van der Waals surface area contributed by atoms with Crippen LogP contribution in [0.5, 0.6) is 0 Å². The highest BCUT2D eigenvalue weighted by atomic mass is 16.2. The van der Waals surface area contributed by atoms with E-state index in [2.05, 4.69) is 10.2 Å². The van der Waals surface area contributed by atoms with E-state index >= 15 is 0 Å². The van der Waals surface area contributed by atoms with Crippen molar-refractivity contribution in [3.8, 4) is 5.69 Å². The lowest BCUT2D eigenvalue weighted by Crippen LogP contribution is -2.48. The molecule has 0 spiro atoms. The van der Waals surface area contributed by atoms with E-state index in [0.29, 0.717) is 31.9 Å². The van der Waals surface area contributed by atoms with Crippen molar-refractivity contribution in [1.29, 1.82) is 0 Å². The summed E-state index contributed by atoms with van der Waals surface area (Å²) in [5, 5.41) is 2.16. The Kier molecular flexibility index (Phi) is 5.16. The summed E-state index contributed by atoms with van der Waals surface area (Å²) < 4.78 is 1.22. The highest BCUT2D eigenvalue weighted by Crippen LogP contribution is 2.25. The Labute approximate surface area is 195 Å².